The second-order valence-corrected chi connectivity index (χ2v) is 7.21. The Bertz CT molecular complexity index is 777. The van der Waals surface area contributed by atoms with E-state index in [1.54, 1.807) is 24.2 Å². The summed E-state index contributed by atoms with van der Waals surface area (Å²) in [6, 6.07) is 3.72. The number of aryl methyl sites for hydroxylation is 1. The first kappa shape index (κ1) is 18.3. The zero-order valence-corrected chi connectivity index (χ0v) is 15.9. The Hall–Kier alpha value is -2.48. The minimum Gasteiger partial charge on any atom is -0.347 e. The number of urea groups is 1. The van der Waals surface area contributed by atoms with Crippen LogP contribution in [-0.4, -0.2) is 46.4 Å². The van der Waals surface area contributed by atoms with E-state index in [-0.39, 0.29) is 11.9 Å². The van der Waals surface area contributed by atoms with Gasteiger partial charge in [-0.25, -0.2) is 9.78 Å². The fraction of sp³-hybridized carbons (Fsp3) is 0.444. The van der Waals surface area contributed by atoms with Gasteiger partial charge in [-0.15, -0.1) is 0 Å². The molecule has 3 rings (SSSR count). The molecule has 2 aromatic rings. The van der Waals surface area contributed by atoms with Crippen molar-refractivity contribution in [3.63, 3.8) is 0 Å². The molecule has 0 atom stereocenters. The number of nitrogens with zero attached hydrogens (tertiary/aromatic N) is 4. The molecule has 0 radical (unpaired) electrons. The van der Waals surface area contributed by atoms with Gasteiger partial charge in [-0.1, -0.05) is 30.7 Å². The predicted molar refractivity (Wildman–Crippen MR) is 101 cm³/mol. The monoisotopic (exact) mass is 373 g/mol. The van der Waals surface area contributed by atoms with Crippen LogP contribution in [0.4, 0.5) is 9.93 Å². The molecular formula is C18H23N5O2S. The molecule has 2 aromatic heterocycles. The SMILES string of the molecule is CCCCN1CCN(c2nc(C)c(C(=O)NCc3cccnc3)s2)C1=O. The number of amides is 3. The second-order valence-electron chi connectivity index (χ2n) is 6.23. The van der Waals surface area contributed by atoms with Crippen molar-refractivity contribution >= 4 is 28.4 Å². The second kappa shape index (κ2) is 8.27. The summed E-state index contributed by atoms with van der Waals surface area (Å²) in [5, 5.41) is 3.48. The molecule has 3 amide bonds. The van der Waals surface area contributed by atoms with Gasteiger partial charge in [0.25, 0.3) is 5.91 Å². The van der Waals surface area contributed by atoms with Crippen LogP contribution in [-0.2, 0) is 6.54 Å². The van der Waals surface area contributed by atoms with Crippen LogP contribution in [0.15, 0.2) is 24.5 Å². The maximum absolute atomic E-state index is 12.5. The lowest BCUT2D eigenvalue weighted by atomic mass is 10.3. The highest BCUT2D eigenvalue weighted by atomic mass is 32.1. The van der Waals surface area contributed by atoms with Crippen molar-refractivity contribution in [1.29, 1.82) is 0 Å². The van der Waals surface area contributed by atoms with Crippen molar-refractivity contribution in [3.05, 3.63) is 40.7 Å². The van der Waals surface area contributed by atoms with Crippen LogP contribution in [0.5, 0.6) is 0 Å². The summed E-state index contributed by atoms with van der Waals surface area (Å²) >= 11 is 1.27. The summed E-state index contributed by atoms with van der Waals surface area (Å²) in [4.78, 5) is 37.6. The number of carbonyl (C=O) groups excluding carboxylic acids is 2. The first-order valence-corrected chi connectivity index (χ1v) is 9.62. The zero-order chi connectivity index (χ0) is 18.5. The summed E-state index contributed by atoms with van der Waals surface area (Å²) in [5.41, 5.74) is 1.58. The molecule has 3 heterocycles. The molecule has 7 nitrogen and oxygen atoms in total. The topological polar surface area (TPSA) is 78.4 Å². The van der Waals surface area contributed by atoms with Gasteiger partial charge in [-0.2, -0.15) is 0 Å². The Labute approximate surface area is 157 Å². The molecule has 1 saturated heterocycles. The molecule has 138 valence electrons. The molecule has 0 unspecified atom stereocenters. The van der Waals surface area contributed by atoms with Crippen LogP contribution in [0, 0.1) is 6.92 Å². The van der Waals surface area contributed by atoms with Gasteiger partial charge in [0, 0.05) is 38.6 Å². The van der Waals surface area contributed by atoms with E-state index in [0.717, 1.165) is 24.9 Å². The minimum atomic E-state index is -0.176. The Morgan fingerprint density at radius 1 is 1.38 bits per heavy atom. The standard InChI is InChI=1S/C18H23N5O2S/c1-3-4-8-22-9-10-23(18(22)25)17-21-13(2)15(26-17)16(24)20-12-14-6-5-7-19-11-14/h5-7,11H,3-4,8-10,12H2,1-2H3,(H,20,24). The number of aromatic nitrogens is 2. The van der Waals surface area contributed by atoms with Gasteiger partial charge in [0.15, 0.2) is 5.13 Å². The Morgan fingerprint density at radius 3 is 2.96 bits per heavy atom. The van der Waals surface area contributed by atoms with Gasteiger partial charge < -0.3 is 10.2 Å². The molecule has 26 heavy (non-hydrogen) atoms. The zero-order valence-electron chi connectivity index (χ0n) is 15.1. The highest BCUT2D eigenvalue weighted by Gasteiger charge is 2.32. The molecule has 1 aliphatic rings. The van der Waals surface area contributed by atoms with Crippen molar-refractivity contribution in [2.45, 2.75) is 33.2 Å². The van der Waals surface area contributed by atoms with Crippen LogP contribution in [0.25, 0.3) is 0 Å². The average Bonchev–Trinajstić information content (AvgIpc) is 3.21. The minimum absolute atomic E-state index is 0.0190. The Morgan fingerprint density at radius 2 is 2.23 bits per heavy atom. The lowest BCUT2D eigenvalue weighted by Crippen LogP contribution is -2.32. The number of nitrogens with one attached hydrogen (secondary N) is 1. The number of rotatable bonds is 7. The number of anilines is 1. The summed E-state index contributed by atoms with van der Waals surface area (Å²) in [7, 11) is 0. The molecule has 8 heteroatoms. The quantitative estimate of drug-likeness (QED) is 0.809. The number of unbranched alkanes of at least 4 members (excludes halogenated alkanes) is 1. The summed E-state index contributed by atoms with van der Waals surface area (Å²) in [6.07, 6.45) is 5.47. The van der Waals surface area contributed by atoms with Crippen LogP contribution >= 0.6 is 11.3 Å². The first-order valence-electron chi connectivity index (χ1n) is 8.81. The maximum atomic E-state index is 12.5. The van der Waals surface area contributed by atoms with Gasteiger partial charge in [0.05, 0.1) is 5.69 Å². The highest BCUT2D eigenvalue weighted by molar-refractivity contribution is 7.17. The van der Waals surface area contributed by atoms with Crippen molar-refractivity contribution < 1.29 is 9.59 Å². The van der Waals surface area contributed by atoms with E-state index < -0.39 is 0 Å². The Balaban J connectivity index is 1.65. The smallest absolute Gasteiger partial charge is 0.326 e. The molecular weight excluding hydrogens is 350 g/mol. The summed E-state index contributed by atoms with van der Waals surface area (Å²) in [6.45, 7) is 6.42. The van der Waals surface area contributed by atoms with Crippen molar-refractivity contribution in [2.24, 2.45) is 0 Å². The largest absolute Gasteiger partial charge is 0.347 e. The van der Waals surface area contributed by atoms with E-state index in [1.807, 2.05) is 17.0 Å². The normalized spacial score (nSPS) is 14.2. The van der Waals surface area contributed by atoms with Gasteiger partial charge in [-0.05, 0) is 25.0 Å². The fourth-order valence-corrected chi connectivity index (χ4v) is 3.79. The highest BCUT2D eigenvalue weighted by Crippen LogP contribution is 2.29. The molecule has 1 fully saturated rings. The Kier molecular flexibility index (Phi) is 5.82. The van der Waals surface area contributed by atoms with Crippen molar-refractivity contribution in [1.82, 2.24) is 20.2 Å². The van der Waals surface area contributed by atoms with E-state index in [1.165, 1.54) is 11.3 Å². The van der Waals surface area contributed by atoms with Crippen LogP contribution in [0.3, 0.4) is 0 Å². The third-order valence-corrected chi connectivity index (χ3v) is 5.45. The van der Waals surface area contributed by atoms with Crippen LogP contribution < -0.4 is 10.2 Å². The van der Waals surface area contributed by atoms with Crippen molar-refractivity contribution in [3.8, 4) is 0 Å². The molecule has 1 N–H and O–H groups in total. The molecule has 1 aliphatic heterocycles. The number of carbonyl (C=O) groups is 2. The van der Waals surface area contributed by atoms with Gasteiger partial charge in [0.1, 0.15) is 4.88 Å². The summed E-state index contributed by atoms with van der Waals surface area (Å²) < 4.78 is 0. The molecule has 0 bridgehead atoms. The van der Waals surface area contributed by atoms with E-state index in [0.29, 0.717) is 35.3 Å². The van der Waals surface area contributed by atoms with Gasteiger partial charge in [0.2, 0.25) is 0 Å². The fourth-order valence-electron chi connectivity index (χ4n) is 2.79. The lowest BCUT2D eigenvalue weighted by molar-refractivity contribution is 0.0954. The first-order chi connectivity index (χ1) is 12.6. The maximum Gasteiger partial charge on any atom is 0.326 e. The van der Waals surface area contributed by atoms with Crippen LogP contribution in [0.2, 0.25) is 0 Å². The van der Waals surface area contributed by atoms with E-state index in [2.05, 4.69) is 22.2 Å². The average molecular weight is 373 g/mol. The number of pyridine rings is 1. The summed E-state index contributed by atoms with van der Waals surface area (Å²) in [5.74, 6) is -0.176. The van der Waals surface area contributed by atoms with Gasteiger partial charge >= 0.3 is 6.03 Å². The van der Waals surface area contributed by atoms with Crippen molar-refractivity contribution in [2.75, 3.05) is 24.5 Å². The molecule has 0 spiro atoms. The third kappa shape index (κ3) is 4.01. The van der Waals surface area contributed by atoms with Gasteiger partial charge in [-0.3, -0.25) is 14.7 Å². The molecule has 0 saturated carbocycles. The predicted octanol–water partition coefficient (Wildman–Crippen LogP) is 2.82. The number of thiazole rings is 1. The third-order valence-electron chi connectivity index (χ3n) is 4.27. The number of hydrogen-bond acceptors (Lipinski definition) is 5. The molecule has 0 aromatic carbocycles. The number of hydrogen-bond donors (Lipinski definition) is 1. The lowest BCUT2D eigenvalue weighted by Gasteiger charge is -2.16. The van der Waals surface area contributed by atoms with E-state index in [4.69, 9.17) is 0 Å². The molecule has 0 aliphatic carbocycles. The van der Waals surface area contributed by atoms with E-state index in [9.17, 15) is 9.59 Å². The van der Waals surface area contributed by atoms with E-state index >= 15 is 0 Å². The van der Waals surface area contributed by atoms with Crippen LogP contribution in [0.1, 0.15) is 40.7 Å².